The summed E-state index contributed by atoms with van der Waals surface area (Å²) in [6.07, 6.45) is 0.449. The highest BCUT2D eigenvalue weighted by Crippen LogP contribution is 2.19. The molecular weight excluding hydrogens is 282 g/mol. The van der Waals surface area contributed by atoms with Crippen LogP contribution >= 0.6 is 0 Å². The summed E-state index contributed by atoms with van der Waals surface area (Å²) in [4.78, 5) is 11.8. The molecule has 0 aromatic heterocycles. The lowest BCUT2D eigenvalue weighted by Gasteiger charge is -2.22. The van der Waals surface area contributed by atoms with E-state index in [1.54, 1.807) is 0 Å². The molecule has 21 heavy (non-hydrogen) atoms. The van der Waals surface area contributed by atoms with Crippen LogP contribution in [-0.4, -0.2) is 23.2 Å². The van der Waals surface area contributed by atoms with Gasteiger partial charge in [-0.2, -0.15) is 0 Å². The zero-order chi connectivity index (χ0) is 16.3. The molecule has 0 heterocycles. The molecule has 0 spiro atoms. The fraction of sp³-hybridized carbons (Fsp3) is 0.588. The van der Waals surface area contributed by atoms with E-state index in [9.17, 15) is 4.79 Å². The molecule has 0 bridgehead atoms. The fourth-order valence-electron chi connectivity index (χ4n) is 1.76. The molecular formula is C17H27NO3. The molecule has 2 N–H and O–H groups in total. The van der Waals surface area contributed by atoms with Crippen LogP contribution in [-0.2, 0) is 16.0 Å². The van der Waals surface area contributed by atoms with Crippen molar-refractivity contribution in [1.29, 1.82) is 0 Å². The van der Waals surface area contributed by atoms with Crippen molar-refractivity contribution >= 4 is 5.97 Å². The van der Waals surface area contributed by atoms with Crippen molar-refractivity contribution in [1.82, 2.24) is 0 Å². The summed E-state index contributed by atoms with van der Waals surface area (Å²) in [6, 6.07) is 6.97. The van der Waals surface area contributed by atoms with E-state index in [0.717, 1.165) is 11.3 Å². The Balaban J connectivity index is 2.61. The van der Waals surface area contributed by atoms with Gasteiger partial charge >= 0.3 is 5.97 Å². The standard InChI is InChI=1S/C17H27NO3/c1-16(2,3)20-13-9-7-12(8-10-13)11-14(18)15(19)21-17(4,5)6/h7-10,14H,11,18H2,1-6H3/t14-/m0/s1/i7+2,8+2,9+2,11+2,12+2,13+2,14+2,15+2. The van der Waals surface area contributed by atoms with Crippen molar-refractivity contribution in [2.75, 3.05) is 0 Å². The van der Waals surface area contributed by atoms with Crippen LogP contribution in [0.2, 0.25) is 0 Å². The van der Waals surface area contributed by atoms with Crippen molar-refractivity contribution in [2.24, 2.45) is 5.73 Å². The van der Waals surface area contributed by atoms with Gasteiger partial charge in [0.2, 0.25) is 0 Å². The van der Waals surface area contributed by atoms with E-state index in [1.807, 2.05) is 65.8 Å². The Morgan fingerprint density at radius 1 is 1.19 bits per heavy atom. The van der Waals surface area contributed by atoms with Crippen LogP contribution in [0.25, 0.3) is 0 Å². The highest BCUT2D eigenvalue weighted by molar-refractivity contribution is 5.76. The molecule has 0 aliphatic rings. The Morgan fingerprint density at radius 3 is 2.24 bits per heavy atom. The summed E-state index contributed by atoms with van der Waals surface area (Å²) >= 11 is 0. The molecule has 1 aromatic carbocycles. The minimum Gasteiger partial charge on any atom is -0.488 e. The maximum absolute atomic E-state index is 11.8. The minimum absolute atomic E-state index is 0.228. The third kappa shape index (κ3) is 7.14. The Morgan fingerprint density at radius 2 is 1.81 bits per heavy atom. The van der Waals surface area contributed by atoms with Gasteiger partial charge in [0.15, 0.2) is 0 Å². The third-order valence-electron chi connectivity index (χ3n) is 2.51. The molecule has 118 valence electrons. The summed E-state index contributed by atoms with van der Waals surface area (Å²) in [5.74, 6) is 0.426. The molecule has 0 saturated heterocycles. The first-order chi connectivity index (χ1) is 9.46. The van der Waals surface area contributed by atoms with Crippen LogP contribution in [0.4, 0.5) is 0 Å². The number of benzene rings is 1. The fourth-order valence-corrected chi connectivity index (χ4v) is 1.76. The van der Waals surface area contributed by atoms with E-state index in [2.05, 4.69) is 0 Å². The summed E-state index contributed by atoms with van der Waals surface area (Å²) in [7, 11) is 0. The second-order valence-corrected chi connectivity index (χ2v) is 7.20. The van der Waals surface area contributed by atoms with E-state index >= 15 is 0 Å². The van der Waals surface area contributed by atoms with E-state index in [0.29, 0.717) is 6.42 Å². The smallest absolute Gasteiger partial charge is 0.323 e. The third-order valence-corrected chi connectivity index (χ3v) is 2.51. The van der Waals surface area contributed by atoms with Gasteiger partial charge in [-0.15, -0.1) is 0 Å². The Kier molecular flexibility index (Phi) is 5.40. The molecule has 1 atom stereocenters. The van der Waals surface area contributed by atoms with Gasteiger partial charge in [-0.25, -0.2) is 0 Å². The number of ether oxygens (including phenoxy) is 2. The summed E-state index contributed by atoms with van der Waals surface area (Å²) in [5, 5.41) is 0. The first kappa shape index (κ1) is 17.5. The average molecular weight is 309 g/mol. The first-order valence-electron chi connectivity index (χ1n) is 7.23. The summed E-state index contributed by atoms with van der Waals surface area (Å²) in [6.45, 7) is 11.5. The van der Waals surface area contributed by atoms with Crippen molar-refractivity contribution in [3.8, 4) is 5.75 Å². The molecule has 0 radical (unpaired) electrons. The van der Waals surface area contributed by atoms with Crippen LogP contribution in [0, 0.1) is 0 Å². The van der Waals surface area contributed by atoms with Gasteiger partial charge in [0.1, 0.15) is 23.0 Å². The molecule has 0 aliphatic carbocycles. The molecule has 4 heteroatoms. The van der Waals surface area contributed by atoms with Gasteiger partial charge in [-0.3, -0.25) is 4.79 Å². The van der Waals surface area contributed by atoms with Gasteiger partial charge in [-0.1, -0.05) is 12.1 Å². The average Bonchev–Trinajstić information content (AvgIpc) is 2.27. The second-order valence-electron chi connectivity index (χ2n) is 7.20. The van der Waals surface area contributed by atoms with Gasteiger partial charge in [-0.05, 0) is 65.7 Å². The molecule has 0 amide bonds. The Labute approximate surface area is 127 Å². The van der Waals surface area contributed by atoms with Crippen LogP contribution in [0.15, 0.2) is 24.3 Å². The van der Waals surface area contributed by atoms with Gasteiger partial charge in [0.05, 0.1) is 0 Å². The second kappa shape index (κ2) is 6.48. The van der Waals surface area contributed by atoms with Crippen molar-refractivity contribution in [3.05, 3.63) is 29.8 Å². The highest BCUT2D eigenvalue weighted by atomic mass is 16.8. The number of hydrogen-bond acceptors (Lipinski definition) is 4. The normalized spacial score (nSPS) is 13.7. The molecule has 1 rings (SSSR count). The lowest BCUT2D eigenvalue weighted by atomic mass is 10.2. The largest absolute Gasteiger partial charge is 0.488 e. The van der Waals surface area contributed by atoms with Crippen molar-refractivity contribution in [3.63, 3.8) is 0 Å². The SMILES string of the molecule is CC(C)(C)O[14C](=O)[14C@@H](N)[14CH2][14c]1[14cH]c[14c](OC(C)(C)C)[14cH][14cH]1. The maximum Gasteiger partial charge on any atom is 0.323 e. The molecule has 4 nitrogen and oxygen atoms in total. The predicted octanol–water partition coefficient (Wildman–Crippen LogP) is 3.08. The maximum atomic E-state index is 11.8. The number of carbonyl (C=O) groups excluding carboxylic acids is 1. The van der Waals surface area contributed by atoms with Crippen LogP contribution < -0.4 is 10.5 Å². The van der Waals surface area contributed by atoms with E-state index in [1.165, 1.54) is 0 Å². The quantitative estimate of drug-likeness (QED) is 0.868. The topological polar surface area (TPSA) is 61.5 Å². The van der Waals surface area contributed by atoms with E-state index in [4.69, 9.17) is 15.2 Å². The van der Waals surface area contributed by atoms with Gasteiger partial charge in [0, 0.05) is 0 Å². The molecule has 0 unspecified atom stereocenters. The van der Waals surface area contributed by atoms with Crippen LogP contribution in [0.1, 0.15) is 47.1 Å². The summed E-state index contributed by atoms with van der Waals surface area (Å²) < 4.78 is 11.0. The minimum atomic E-state index is -0.654. The van der Waals surface area contributed by atoms with Gasteiger partial charge < -0.3 is 15.2 Å². The molecule has 0 saturated carbocycles. The molecule has 0 aliphatic heterocycles. The van der Waals surface area contributed by atoms with Crippen LogP contribution in [0.3, 0.4) is 0 Å². The molecule has 0 fully saturated rings. The van der Waals surface area contributed by atoms with Gasteiger partial charge in [0.25, 0.3) is 0 Å². The Bertz CT molecular complexity index is 466. The number of rotatable bonds is 4. The highest BCUT2D eigenvalue weighted by Gasteiger charge is 2.22. The number of carbonyl (C=O) groups is 1. The first-order valence-corrected chi connectivity index (χ1v) is 7.23. The lowest BCUT2D eigenvalue weighted by molar-refractivity contribution is -0.156. The van der Waals surface area contributed by atoms with Crippen molar-refractivity contribution in [2.45, 2.75) is 65.2 Å². The predicted molar refractivity (Wildman–Crippen MR) is 84.3 cm³/mol. The molecule has 1 aromatic rings. The number of nitrogens with two attached hydrogens (primary N) is 1. The number of hydrogen-bond donors (Lipinski definition) is 1. The lowest BCUT2D eigenvalue weighted by Crippen LogP contribution is -2.38. The zero-order valence-electron chi connectivity index (χ0n) is 13.9. The zero-order valence-corrected chi connectivity index (χ0v) is 13.9. The van der Waals surface area contributed by atoms with E-state index < -0.39 is 11.6 Å². The van der Waals surface area contributed by atoms with Crippen molar-refractivity contribution < 1.29 is 14.3 Å². The van der Waals surface area contributed by atoms with Crippen LogP contribution in [0.5, 0.6) is 5.75 Å². The number of esters is 1. The Hall–Kier alpha value is -1.55. The van der Waals surface area contributed by atoms with E-state index in [-0.39, 0.29) is 11.6 Å². The summed E-state index contributed by atoms with van der Waals surface area (Å²) in [5.41, 5.74) is 6.13. The monoisotopic (exact) mass is 309 g/mol.